The molecule has 6 nitrogen and oxygen atoms in total. The van der Waals surface area contributed by atoms with Crippen LogP contribution in [0.15, 0.2) is 34.9 Å². The average molecular weight is 382 g/mol. The Balaban J connectivity index is 2.42. The molecule has 1 aromatic rings. The fourth-order valence-electron chi connectivity index (χ4n) is 3.14. The number of carbonyl (C=O) groups excluding carboxylic acids is 2. The first-order valence-corrected chi connectivity index (χ1v) is 9.39. The monoisotopic (exact) mass is 382 g/mol. The van der Waals surface area contributed by atoms with E-state index in [9.17, 15) is 14.9 Å². The number of nitriles is 1. The molecule has 1 heterocycles. The van der Waals surface area contributed by atoms with Gasteiger partial charge in [-0.1, -0.05) is 32.3 Å². The summed E-state index contributed by atoms with van der Waals surface area (Å²) in [4.78, 5) is 26.8. The lowest BCUT2D eigenvalue weighted by Gasteiger charge is -2.27. The van der Waals surface area contributed by atoms with Gasteiger partial charge in [-0.3, -0.25) is 14.5 Å². The minimum atomic E-state index is -0.508. The minimum Gasteiger partial charge on any atom is -0.493 e. The molecule has 2 amide bonds. The van der Waals surface area contributed by atoms with E-state index >= 15 is 0 Å². The number of carbonyl (C=O) groups is 2. The van der Waals surface area contributed by atoms with Crippen molar-refractivity contribution in [3.8, 4) is 17.6 Å². The second-order valence-corrected chi connectivity index (χ2v) is 6.61. The van der Waals surface area contributed by atoms with Gasteiger partial charge in [0.2, 0.25) is 0 Å². The van der Waals surface area contributed by atoms with E-state index in [0.717, 1.165) is 31.2 Å². The smallest absolute Gasteiger partial charge is 0.271 e. The van der Waals surface area contributed by atoms with Gasteiger partial charge in [-0.05, 0) is 42.7 Å². The summed E-state index contributed by atoms with van der Waals surface area (Å²) in [6.07, 6.45) is 5.46. The van der Waals surface area contributed by atoms with E-state index in [0.29, 0.717) is 29.2 Å². The van der Waals surface area contributed by atoms with Gasteiger partial charge in [-0.25, -0.2) is 0 Å². The van der Waals surface area contributed by atoms with Crippen molar-refractivity contribution >= 4 is 17.9 Å². The van der Waals surface area contributed by atoms with E-state index in [1.165, 1.54) is 12.0 Å². The molecule has 0 bridgehead atoms. The predicted molar refractivity (Wildman–Crippen MR) is 107 cm³/mol. The maximum Gasteiger partial charge on any atom is 0.271 e. The van der Waals surface area contributed by atoms with Crippen LogP contribution in [0.25, 0.3) is 6.08 Å². The molecule has 0 aliphatic carbocycles. The highest BCUT2D eigenvalue weighted by Crippen LogP contribution is 2.31. The number of unbranched alkanes of at least 4 members (excludes halogenated alkanes) is 3. The zero-order valence-corrected chi connectivity index (χ0v) is 16.9. The molecule has 28 heavy (non-hydrogen) atoms. The van der Waals surface area contributed by atoms with Gasteiger partial charge in [0.1, 0.15) is 11.6 Å². The highest BCUT2D eigenvalue weighted by Gasteiger charge is 2.35. The number of methoxy groups -OCH3 is 2. The Morgan fingerprint density at radius 2 is 1.79 bits per heavy atom. The summed E-state index contributed by atoms with van der Waals surface area (Å²) in [6, 6.07) is 7.25. The van der Waals surface area contributed by atoms with E-state index in [4.69, 9.17) is 9.47 Å². The minimum absolute atomic E-state index is 0.0156. The lowest BCUT2D eigenvalue weighted by Crippen LogP contribution is -2.43. The maximum atomic E-state index is 13.0. The average Bonchev–Trinajstić information content (AvgIpc) is 2.70. The number of amides is 2. The Hall–Kier alpha value is -3.07. The first-order valence-electron chi connectivity index (χ1n) is 9.39. The molecule has 0 atom stereocenters. The van der Waals surface area contributed by atoms with Gasteiger partial charge in [0.05, 0.1) is 14.2 Å². The summed E-state index contributed by atoms with van der Waals surface area (Å²) < 4.78 is 10.5. The van der Waals surface area contributed by atoms with Crippen molar-refractivity contribution in [2.45, 2.75) is 39.5 Å². The molecule has 0 aromatic heterocycles. The van der Waals surface area contributed by atoms with Crippen LogP contribution in [0.5, 0.6) is 11.5 Å². The number of hydrogen-bond donors (Lipinski definition) is 0. The van der Waals surface area contributed by atoms with Crippen molar-refractivity contribution in [3.63, 3.8) is 0 Å². The predicted octanol–water partition coefficient (Wildman–Crippen LogP) is 3.88. The van der Waals surface area contributed by atoms with Gasteiger partial charge in [-0.2, -0.15) is 5.26 Å². The first-order chi connectivity index (χ1) is 13.5. The van der Waals surface area contributed by atoms with Crippen LogP contribution in [0.4, 0.5) is 0 Å². The van der Waals surface area contributed by atoms with Crippen LogP contribution in [0.2, 0.25) is 0 Å². The van der Waals surface area contributed by atoms with Crippen LogP contribution in [0.3, 0.4) is 0 Å². The SMILES string of the molecule is CCCCCCN1C(=O)C(C#N)=C(C)/C(=C/c2ccc(OC)c(OC)c2)C1=O. The molecule has 1 aliphatic heterocycles. The third kappa shape index (κ3) is 4.42. The molecule has 6 heteroatoms. The molecule has 0 saturated carbocycles. The molecule has 0 saturated heterocycles. The number of benzene rings is 1. The molecular weight excluding hydrogens is 356 g/mol. The Bertz CT molecular complexity index is 862. The van der Waals surface area contributed by atoms with Gasteiger partial charge in [0.15, 0.2) is 11.5 Å². The summed E-state index contributed by atoms with van der Waals surface area (Å²) in [5.41, 5.74) is 1.48. The van der Waals surface area contributed by atoms with Crippen molar-refractivity contribution in [3.05, 3.63) is 40.5 Å². The molecule has 1 aliphatic rings. The van der Waals surface area contributed by atoms with E-state index in [2.05, 4.69) is 6.92 Å². The fourth-order valence-corrected chi connectivity index (χ4v) is 3.14. The van der Waals surface area contributed by atoms with Gasteiger partial charge < -0.3 is 9.47 Å². The van der Waals surface area contributed by atoms with Crippen LogP contribution >= 0.6 is 0 Å². The van der Waals surface area contributed by atoms with Crippen molar-refractivity contribution < 1.29 is 19.1 Å². The number of rotatable bonds is 8. The molecule has 0 unspecified atom stereocenters. The standard InChI is InChI=1S/C22H26N2O4/c1-5-6-7-8-11-24-21(25)17(15(2)18(14-23)22(24)26)12-16-9-10-19(27-3)20(13-16)28-4/h9-10,12-13H,5-8,11H2,1-4H3/b17-12-. The lowest BCUT2D eigenvalue weighted by molar-refractivity contribution is -0.140. The molecular formula is C22H26N2O4. The number of hydrogen-bond acceptors (Lipinski definition) is 5. The molecule has 0 N–H and O–H groups in total. The van der Waals surface area contributed by atoms with Gasteiger partial charge in [0, 0.05) is 12.1 Å². The van der Waals surface area contributed by atoms with Crippen LogP contribution in [0, 0.1) is 11.3 Å². The Kier molecular flexibility index (Phi) is 7.39. The zero-order valence-electron chi connectivity index (χ0n) is 16.9. The van der Waals surface area contributed by atoms with Crippen molar-refractivity contribution in [2.24, 2.45) is 0 Å². The molecule has 0 spiro atoms. The van der Waals surface area contributed by atoms with Crippen LogP contribution in [-0.4, -0.2) is 37.5 Å². The summed E-state index contributed by atoms with van der Waals surface area (Å²) in [5, 5.41) is 9.45. The van der Waals surface area contributed by atoms with Crippen molar-refractivity contribution in [1.29, 1.82) is 5.26 Å². The maximum absolute atomic E-state index is 13.0. The second kappa shape index (κ2) is 9.75. The Morgan fingerprint density at radius 3 is 2.39 bits per heavy atom. The fraction of sp³-hybridized carbons (Fsp3) is 0.409. The van der Waals surface area contributed by atoms with Crippen molar-refractivity contribution in [2.75, 3.05) is 20.8 Å². The molecule has 1 aromatic carbocycles. The van der Waals surface area contributed by atoms with Crippen molar-refractivity contribution in [1.82, 2.24) is 4.90 Å². The van der Waals surface area contributed by atoms with E-state index in [1.54, 1.807) is 38.3 Å². The Labute approximate surface area is 166 Å². The third-order valence-corrected chi connectivity index (χ3v) is 4.78. The topological polar surface area (TPSA) is 79.6 Å². The summed E-state index contributed by atoms with van der Waals surface area (Å²) >= 11 is 0. The molecule has 148 valence electrons. The highest BCUT2D eigenvalue weighted by molar-refractivity contribution is 6.19. The number of imide groups is 1. The lowest BCUT2D eigenvalue weighted by atomic mass is 9.93. The van der Waals surface area contributed by atoms with Gasteiger partial charge >= 0.3 is 0 Å². The van der Waals surface area contributed by atoms with Crippen LogP contribution in [-0.2, 0) is 9.59 Å². The largest absolute Gasteiger partial charge is 0.493 e. The summed E-state index contributed by atoms with van der Waals surface area (Å²) in [5.74, 6) is 0.241. The first kappa shape index (κ1) is 21.2. The summed E-state index contributed by atoms with van der Waals surface area (Å²) in [7, 11) is 3.09. The van der Waals surface area contributed by atoms with E-state index in [-0.39, 0.29) is 11.5 Å². The normalized spacial score (nSPS) is 15.8. The highest BCUT2D eigenvalue weighted by atomic mass is 16.5. The Morgan fingerprint density at radius 1 is 1.07 bits per heavy atom. The second-order valence-electron chi connectivity index (χ2n) is 6.61. The number of ether oxygens (including phenoxy) is 2. The zero-order chi connectivity index (χ0) is 20.7. The quantitative estimate of drug-likeness (QED) is 0.387. The molecule has 0 fully saturated rings. The third-order valence-electron chi connectivity index (χ3n) is 4.78. The van der Waals surface area contributed by atoms with E-state index < -0.39 is 5.91 Å². The van der Waals surface area contributed by atoms with Gasteiger partial charge in [-0.15, -0.1) is 0 Å². The molecule has 2 rings (SSSR count). The summed E-state index contributed by atoms with van der Waals surface area (Å²) in [6.45, 7) is 4.05. The van der Waals surface area contributed by atoms with Crippen LogP contribution in [0.1, 0.15) is 45.1 Å². The van der Waals surface area contributed by atoms with Gasteiger partial charge in [0.25, 0.3) is 11.8 Å². The number of nitrogens with zero attached hydrogens (tertiary/aromatic N) is 2. The van der Waals surface area contributed by atoms with Crippen LogP contribution < -0.4 is 9.47 Å². The van der Waals surface area contributed by atoms with E-state index in [1.807, 2.05) is 6.07 Å². The molecule has 0 radical (unpaired) electrons.